The smallest absolute Gasteiger partial charge is 0.112 e. The lowest BCUT2D eigenvalue weighted by molar-refractivity contribution is -0.108. The molecule has 0 aromatic heterocycles. The van der Waals surface area contributed by atoms with Gasteiger partial charge in [-0.15, -0.1) is 0 Å². The minimum Gasteiger partial charge on any atom is -0.382 e. The summed E-state index contributed by atoms with van der Waals surface area (Å²) >= 11 is 0. The predicted octanol–water partition coefficient (Wildman–Crippen LogP) is 3.36. The normalized spacial score (nSPS) is 13.9. The zero-order valence-electron chi connectivity index (χ0n) is 12.7. The molecule has 0 saturated heterocycles. The van der Waals surface area contributed by atoms with E-state index < -0.39 is 5.60 Å². The van der Waals surface area contributed by atoms with Crippen LogP contribution in [-0.2, 0) is 14.2 Å². The second-order valence-corrected chi connectivity index (χ2v) is 5.27. The Hall–Kier alpha value is -0.640. The Bertz CT molecular complexity index is 273. The molecule has 0 aliphatic heterocycles. The molecule has 0 rings (SSSR count). The molecule has 0 aromatic rings. The van der Waals surface area contributed by atoms with E-state index >= 15 is 0 Å². The third-order valence-electron chi connectivity index (χ3n) is 2.39. The summed E-state index contributed by atoms with van der Waals surface area (Å²) in [5, 5.41) is 0. The van der Waals surface area contributed by atoms with Crippen molar-refractivity contribution in [3.8, 4) is 0 Å². The van der Waals surface area contributed by atoms with Crippen molar-refractivity contribution in [2.75, 3.05) is 33.5 Å². The van der Waals surface area contributed by atoms with Gasteiger partial charge in [0.05, 0.1) is 26.4 Å². The van der Waals surface area contributed by atoms with Gasteiger partial charge in [0, 0.05) is 7.11 Å². The monoisotopic (exact) mass is 256 g/mol. The molecule has 1 unspecified atom stereocenters. The van der Waals surface area contributed by atoms with Crippen LogP contribution < -0.4 is 0 Å². The largest absolute Gasteiger partial charge is 0.382 e. The van der Waals surface area contributed by atoms with E-state index in [1.807, 2.05) is 6.92 Å². The standard InChI is InChI=1S/C15H28O3/c1-13(2)7-9-17-12-15(5,11-16-6)18-10-8-14(3)4/h7-8H,9-12H2,1-6H3. The number of allylic oxidation sites excluding steroid dienone is 2. The van der Waals surface area contributed by atoms with Crippen LogP contribution in [0.15, 0.2) is 23.3 Å². The maximum absolute atomic E-state index is 5.84. The molecule has 1 atom stereocenters. The van der Waals surface area contributed by atoms with Crippen LogP contribution >= 0.6 is 0 Å². The van der Waals surface area contributed by atoms with Gasteiger partial charge in [-0.1, -0.05) is 23.3 Å². The van der Waals surface area contributed by atoms with Gasteiger partial charge >= 0.3 is 0 Å². The number of hydrogen-bond acceptors (Lipinski definition) is 3. The third kappa shape index (κ3) is 9.40. The summed E-state index contributed by atoms with van der Waals surface area (Å²) in [7, 11) is 1.68. The predicted molar refractivity (Wildman–Crippen MR) is 75.9 cm³/mol. The topological polar surface area (TPSA) is 27.7 Å². The molecule has 0 N–H and O–H groups in total. The van der Waals surface area contributed by atoms with Gasteiger partial charge in [0.15, 0.2) is 0 Å². The molecule has 0 saturated carbocycles. The van der Waals surface area contributed by atoms with Crippen LogP contribution in [-0.4, -0.2) is 39.1 Å². The molecule has 0 bridgehead atoms. The maximum Gasteiger partial charge on any atom is 0.112 e. The first-order valence-electron chi connectivity index (χ1n) is 6.37. The highest BCUT2D eigenvalue weighted by molar-refractivity contribution is 4.94. The minimum absolute atomic E-state index is 0.393. The molecule has 0 amide bonds. The van der Waals surface area contributed by atoms with Gasteiger partial charge in [-0.25, -0.2) is 0 Å². The summed E-state index contributed by atoms with van der Waals surface area (Å²) in [4.78, 5) is 0. The summed E-state index contributed by atoms with van der Waals surface area (Å²) in [5.41, 5.74) is 2.12. The molecule has 0 aliphatic rings. The summed E-state index contributed by atoms with van der Waals surface area (Å²) in [6.07, 6.45) is 4.12. The van der Waals surface area contributed by atoms with Gasteiger partial charge in [-0.3, -0.25) is 0 Å². The van der Waals surface area contributed by atoms with Crippen LogP contribution in [0.25, 0.3) is 0 Å². The number of methoxy groups -OCH3 is 1. The highest BCUT2D eigenvalue weighted by atomic mass is 16.6. The Morgan fingerprint density at radius 1 is 0.944 bits per heavy atom. The average Bonchev–Trinajstić information content (AvgIpc) is 2.24. The Labute approximate surface area is 112 Å². The van der Waals surface area contributed by atoms with E-state index in [1.165, 1.54) is 11.1 Å². The van der Waals surface area contributed by atoms with Crippen LogP contribution in [0.3, 0.4) is 0 Å². The summed E-state index contributed by atoms with van der Waals surface area (Å²) in [6.45, 7) is 12.5. The van der Waals surface area contributed by atoms with E-state index in [2.05, 4.69) is 39.8 Å². The van der Waals surface area contributed by atoms with Gasteiger partial charge in [0.2, 0.25) is 0 Å². The Balaban J connectivity index is 4.16. The lowest BCUT2D eigenvalue weighted by Crippen LogP contribution is -2.39. The SMILES string of the molecule is COCC(C)(COCC=C(C)C)OCC=C(C)C. The highest BCUT2D eigenvalue weighted by Gasteiger charge is 2.25. The van der Waals surface area contributed by atoms with Crippen molar-refractivity contribution in [2.45, 2.75) is 40.2 Å². The molecular weight excluding hydrogens is 228 g/mol. The van der Waals surface area contributed by atoms with Crippen LogP contribution in [0.5, 0.6) is 0 Å². The summed E-state index contributed by atoms with van der Waals surface area (Å²) in [6, 6.07) is 0. The first-order valence-corrected chi connectivity index (χ1v) is 6.37. The van der Waals surface area contributed by atoms with E-state index in [0.29, 0.717) is 26.4 Å². The van der Waals surface area contributed by atoms with Crippen LogP contribution in [0, 0.1) is 0 Å². The maximum atomic E-state index is 5.84. The summed E-state index contributed by atoms with van der Waals surface area (Å²) in [5.74, 6) is 0. The molecule has 0 aliphatic carbocycles. The van der Waals surface area contributed by atoms with Crippen molar-refractivity contribution < 1.29 is 14.2 Å². The van der Waals surface area contributed by atoms with E-state index in [-0.39, 0.29) is 0 Å². The lowest BCUT2D eigenvalue weighted by atomic mass is 10.1. The Kier molecular flexibility index (Phi) is 8.98. The van der Waals surface area contributed by atoms with Crippen molar-refractivity contribution >= 4 is 0 Å². The molecule has 0 radical (unpaired) electrons. The molecule has 3 nitrogen and oxygen atoms in total. The first-order chi connectivity index (χ1) is 8.39. The zero-order valence-corrected chi connectivity index (χ0v) is 12.7. The fourth-order valence-corrected chi connectivity index (χ4v) is 1.34. The van der Waals surface area contributed by atoms with Crippen molar-refractivity contribution in [3.05, 3.63) is 23.3 Å². The molecule has 3 heteroatoms. The van der Waals surface area contributed by atoms with Crippen LogP contribution in [0.1, 0.15) is 34.6 Å². The third-order valence-corrected chi connectivity index (χ3v) is 2.39. The quantitative estimate of drug-likeness (QED) is 0.467. The van der Waals surface area contributed by atoms with Gasteiger partial charge in [-0.05, 0) is 34.6 Å². The molecule has 0 heterocycles. The van der Waals surface area contributed by atoms with Crippen molar-refractivity contribution in [2.24, 2.45) is 0 Å². The van der Waals surface area contributed by atoms with Crippen molar-refractivity contribution in [1.82, 2.24) is 0 Å². The average molecular weight is 256 g/mol. The Morgan fingerprint density at radius 2 is 1.50 bits per heavy atom. The molecular formula is C15H28O3. The van der Waals surface area contributed by atoms with Gasteiger partial charge < -0.3 is 14.2 Å². The molecule has 106 valence electrons. The van der Waals surface area contributed by atoms with E-state index in [9.17, 15) is 0 Å². The minimum atomic E-state index is -0.393. The molecule has 18 heavy (non-hydrogen) atoms. The lowest BCUT2D eigenvalue weighted by Gasteiger charge is -2.28. The van der Waals surface area contributed by atoms with Crippen LogP contribution in [0.4, 0.5) is 0 Å². The fourth-order valence-electron chi connectivity index (χ4n) is 1.34. The molecule has 0 aromatic carbocycles. The van der Waals surface area contributed by atoms with E-state index in [0.717, 1.165) is 0 Å². The number of rotatable bonds is 9. The second-order valence-electron chi connectivity index (χ2n) is 5.27. The Morgan fingerprint density at radius 3 is 2.00 bits per heavy atom. The number of ether oxygens (including phenoxy) is 3. The van der Waals surface area contributed by atoms with Gasteiger partial charge in [0.25, 0.3) is 0 Å². The van der Waals surface area contributed by atoms with E-state index in [4.69, 9.17) is 14.2 Å². The van der Waals surface area contributed by atoms with Crippen LogP contribution in [0.2, 0.25) is 0 Å². The molecule has 0 spiro atoms. The van der Waals surface area contributed by atoms with Crippen molar-refractivity contribution in [3.63, 3.8) is 0 Å². The zero-order chi connectivity index (χ0) is 14.0. The van der Waals surface area contributed by atoms with Gasteiger partial charge in [0.1, 0.15) is 5.60 Å². The molecule has 0 fully saturated rings. The summed E-state index contributed by atoms with van der Waals surface area (Å²) < 4.78 is 16.7. The van der Waals surface area contributed by atoms with E-state index in [1.54, 1.807) is 7.11 Å². The first kappa shape index (κ1) is 17.4. The fraction of sp³-hybridized carbons (Fsp3) is 0.733. The second kappa shape index (κ2) is 9.31. The number of hydrogen-bond donors (Lipinski definition) is 0. The van der Waals surface area contributed by atoms with Crippen molar-refractivity contribution in [1.29, 1.82) is 0 Å². The van der Waals surface area contributed by atoms with Gasteiger partial charge in [-0.2, -0.15) is 0 Å². The highest BCUT2D eigenvalue weighted by Crippen LogP contribution is 2.12.